The van der Waals surface area contributed by atoms with Crippen LogP contribution in [0, 0.1) is 18.3 Å². The summed E-state index contributed by atoms with van der Waals surface area (Å²) in [6, 6.07) is 3.84. The van der Waals surface area contributed by atoms with Gasteiger partial charge in [0.25, 0.3) is 0 Å². The second-order valence-electron chi connectivity index (χ2n) is 3.30. The number of rotatable bonds is 3. The van der Waals surface area contributed by atoms with Crippen molar-refractivity contribution in [1.82, 2.24) is 0 Å². The number of nitriles is 1. The molecule has 0 saturated heterocycles. The Morgan fingerprint density at radius 1 is 1.53 bits per heavy atom. The first-order valence-electron chi connectivity index (χ1n) is 4.42. The first kappa shape index (κ1) is 13.5. The molecule has 0 fully saturated rings. The van der Waals surface area contributed by atoms with E-state index < -0.39 is 21.6 Å². The maximum absolute atomic E-state index is 11.7. The summed E-state index contributed by atoms with van der Waals surface area (Å²) in [5.41, 5.74) is -0.105. The van der Waals surface area contributed by atoms with Crippen LogP contribution in [-0.2, 0) is 9.84 Å². The van der Waals surface area contributed by atoms with E-state index in [0.29, 0.717) is 0 Å². The van der Waals surface area contributed by atoms with Gasteiger partial charge in [0.1, 0.15) is 5.75 Å². The minimum Gasteiger partial charge on any atom is -0.478 e. The van der Waals surface area contributed by atoms with Crippen LogP contribution in [0.25, 0.3) is 0 Å². The van der Waals surface area contributed by atoms with Crippen molar-refractivity contribution in [3.63, 3.8) is 0 Å². The fraction of sp³-hybridized carbons (Fsp3) is 0.200. The number of carboxylic acid groups (broad SMARTS) is 1. The third kappa shape index (κ3) is 2.75. The molecular formula is C10H8ClNO4S. The number of hydrogen-bond acceptors (Lipinski definition) is 4. The number of carbonyl (C=O) groups is 1. The molecule has 7 heteroatoms. The second-order valence-corrected chi connectivity index (χ2v) is 5.69. The highest BCUT2D eigenvalue weighted by Gasteiger charge is 2.21. The van der Waals surface area contributed by atoms with Crippen molar-refractivity contribution in [2.45, 2.75) is 11.8 Å². The van der Waals surface area contributed by atoms with Crippen LogP contribution in [0.15, 0.2) is 17.0 Å². The normalized spacial score (nSPS) is 10.9. The van der Waals surface area contributed by atoms with Crippen LogP contribution >= 0.6 is 11.6 Å². The number of halogens is 1. The Balaban J connectivity index is 3.57. The fourth-order valence-electron chi connectivity index (χ4n) is 1.36. The minimum absolute atomic E-state index is 0.00418. The molecule has 0 amide bonds. The van der Waals surface area contributed by atoms with Crippen LogP contribution < -0.4 is 0 Å². The van der Waals surface area contributed by atoms with Crippen molar-refractivity contribution in [3.8, 4) is 6.07 Å². The van der Waals surface area contributed by atoms with E-state index in [-0.39, 0.29) is 21.0 Å². The lowest BCUT2D eigenvalue weighted by Crippen LogP contribution is -2.10. The van der Waals surface area contributed by atoms with Gasteiger partial charge in [-0.05, 0) is 24.6 Å². The molecule has 1 rings (SSSR count). The predicted octanol–water partition coefficient (Wildman–Crippen LogP) is 1.64. The van der Waals surface area contributed by atoms with E-state index in [9.17, 15) is 13.2 Å². The minimum atomic E-state index is -3.83. The average molecular weight is 274 g/mol. The Hall–Kier alpha value is -1.58. The molecule has 1 aromatic carbocycles. The first-order valence-corrected chi connectivity index (χ1v) is 6.45. The van der Waals surface area contributed by atoms with E-state index in [1.54, 1.807) is 0 Å². The van der Waals surface area contributed by atoms with Crippen molar-refractivity contribution < 1.29 is 18.3 Å². The molecule has 0 aliphatic carbocycles. The summed E-state index contributed by atoms with van der Waals surface area (Å²) in [6.07, 6.45) is 0. The zero-order valence-electron chi connectivity index (χ0n) is 8.77. The SMILES string of the molecule is Cc1c(C(=O)O)cc(Cl)cc1S(=O)(=O)CC#N. The number of carboxylic acids is 1. The van der Waals surface area contributed by atoms with Gasteiger partial charge in [0.05, 0.1) is 16.5 Å². The van der Waals surface area contributed by atoms with Crippen LogP contribution in [-0.4, -0.2) is 25.2 Å². The summed E-state index contributed by atoms with van der Waals surface area (Å²) in [5, 5.41) is 17.3. The van der Waals surface area contributed by atoms with Crippen LogP contribution in [0.5, 0.6) is 0 Å². The van der Waals surface area contributed by atoms with E-state index in [1.807, 2.05) is 0 Å². The van der Waals surface area contributed by atoms with Gasteiger partial charge in [-0.2, -0.15) is 5.26 Å². The Morgan fingerprint density at radius 3 is 2.59 bits per heavy atom. The molecule has 0 spiro atoms. The molecule has 0 unspecified atom stereocenters. The number of hydrogen-bond donors (Lipinski definition) is 1. The zero-order chi connectivity index (χ0) is 13.2. The standard InChI is InChI=1S/C10H8ClNO4S/c1-6-8(10(13)14)4-7(11)5-9(6)17(15,16)3-2-12/h4-5H,3H2,1H3,(H,13,14). The fourth-order valence-corrected chi connectivity index (χ4v) is 2.85. The molecular weight excluding hydrogens is 266 g/mol. The van der Waals surface area contributed by atoms with Gasteiger partial charge in [-0.15, -0.1) is 0 Å². The van der Waals surface area contributed by atoms with Gasteiger partial charge in [-0.3, -0.25) is 0 Å². The van der Waals surface area contributed by atoms with Crippen molar-refractivity contribution >= 4 is 27.4 Å². The van der Waals surface area contributed by atoms with E-state index in [0.717, 1.165) is 6.07 Å². The molecule has 0 heterocycles. The van der Waals surface area contributed by atoms with E-state index in [2.05, 4.69) is 0 Å². The second kappa shape index (κ2) is 4.73. The zero-order valence-corrected chi connectivity index (χ0v) is 10.3. The molecule has 0 aliphatic heterocycles. The average Bonchev–Trinajstić information content (AvgIpc) is 2.20. The summed E-state index contributed by atoms with van der Waals surface area (Å²) in [7, 11) is -3.83. The van der Waals surface area contributed by atoms with Gasteiger partial charge >= 0.3 is 5.97 Å². The molecule has 5 nitrogen and oxygen atoms in total. The summed E-state index contributed by atoms with van der Waals surface area (Å²) >= 11 is 5.66. The van der Waals surface area contributed by atoms with Crippen molar-refractivity contribution in [1.29, 1.82) is 5.26 Å². The molecule has 0 aromatic heterocycles. The lowest BCUT2D eigenvalue weighted by Gasteiger charge is -2.08. The largest absolute Gasteiger partial charge is 0.478 e. The topological polar surface area (TPSA) is 95.2 Å². The molecule has 90 valence electrons. The van der Waals surface area contributed by atoms with Gasteiger partial charge < -0.3 is 5.11 Å². The first-order chi connectivity index (χ1) is 7.79. The van der Waals surface area contributed by atoms with Gasteiger partial charge in [0.2, 0.25) is 0 Å². The van der Waals surface area contributed by atoms with Gasteiger partial charge in [0.15, 0.2) is 9.84 Å². The van der Waals surface area contributed by atoms with E-state index in [4.69, 9.17) is 22.0 Å². The Morgan fingerprint density at radius 2 is 2.12 bits per heavy atom. The lowest BCUT2D eigenvalue weighted by atomic mass is 10.1. The smallest absolute Gasteiger partial charge is 0.336 e. The van der Waals surface area contributed by atoms with Crippen molar-refractivity contribution in [2.75, 3.05) is 5.75 Å². The van der Waals surface area contributed by atoms with Crippen molar-refractivity contribution in [2.24, 2.45) is 0 Å². The van der Waals surface area contributed by atoms with Gasteiger partial charge in [-0.1, -0.05) is 11.6 Å². The lowest BCUT2D eigenvalue weighted by molar-refractivity contribution is 0.0696. The summed E-state index contributed by atoms with van der Waals surface area (Å²) in [6.45, 7) is 1.37. The maximum Gasteiger partial charge on any atom is 0.336 e. The quantitative estimate of drug-likeness (QED) is 0.903. The molecule has 17 heavy (non-hydrogen) atoms. The summed E-state index contributed by atoms with van der Waals surface area (Å²) in [4.78, 5) is 10.7. The van der Waals surface area contributed by atoms with Crippen LogP contribution in [0.2, 0.25) is 5.02 Å². The van der Waals surface area contributed by atoms with Crippen LogP contribution in [0.3, 0.4) is 0 Å². The van der Waals surface area contributed by atoms with Gasteiger partial charge in [-0.25, -0.2) is 13.2 Å². The third-order valence-electron chi connectivity index (χ3n) is 2.14. The summed E-state index contributed by atoms with van der Waals surface area (Å²) in [5.74, 6) is -1.98. The number of benzene rings is 1. The number of aromatic carboxylic acids is 1. The molecule has 1 aromatic rings. The Bertz CT molecular complexity index is 616. The van der Waals surface area contributed by atoms with E-state index >= 15 is 0 Å². The number of nitrogens with zero attached hydrogens (tertiary/aromatic N) is 1. The molecule has 1 N–H and O–H groups in total. The Labute approximate surface area is 103 Å². The van der Waals surface area contributed by atoms with Crippen LogP contribution in [0.4, 0.5) is 0 Å². The van der Waals surface area contributed by atoms with Gasteiger partial charge in [0, 0.05) is 5.02 Å². The molecule has 0 radical (unpaired) electrons. The molecule has 0 bridgehead atoms. The monoisotopic (exact) mass is 273 g/mol. The summed E-state index contributed by atoms with van der Waals surface area (Å²) < 4.78 is 23.4. The highest BCUT2D eigenvalue weighted by atomic mass is 35.5. The molecule has 0 atom stereocenters. The number of sulfone groups is 1. The highest BCUT2D eigenvalue weighted by Crippen LogP contribution is 2.25. The van der Waals surface area contributed by atoms with E-state index in [1.165, 1.54) is 19.1 Å². The molecule has 0 aliphatic rings. The van der Waals surface area contributed by atoms with Crippen LogP contribution in [0.1, 0.15) is 15.9 Å². The maximum atomic E-state index is 11.7. The molecule has 0 saturated carbocycles. The third-order valence-corrected chi connectivity index (χ3v) is 3.97. The highest BCUT2D eigenvalue weighted by molar-refractivity contribution is 7.91. The van der Waals surface area contributed by atoms with Crippen molar-refractivity contribution in [3.05, 3.63) is 28.3 Å². The Kier molecular flexibility index (Phi) is 3.76. The predicted molar refractivity (Wildman–Crippen MR) is 60.8 cm³/mol.